The maximum Gasteiger partial charge on any atom is 0.239 e. The van der Waals surface area contributed by atoms with E-state index in [1.165, 1.54) is 0 Å². The average molecular weight is 258 g/mol. The maximum absolute atomic E-state index is 11.8. The van der Waals surface area contributed by atoms with Crippen molar-refractivity contribution in [1.29, 1.82) is 0 Å². The molecule has 104 valence electrons. The number of carbonyl (C=O) groups is 2. The van der Waals surface area contributed by atoms with Crippen LogP contribution in [0.15, 0.2) is 0 Å². The molecule has 3 atom stereocenters. The summed E-state index contributed by atoms with van der Waals surface area (Å²) >= 11 is 0. The van der Waals surface area contributed by atoms with Crippen LogP contribution in [0.2, 0.25) is 0 Å². The molecule has 4 N–H and O–H groups in total. The molecule has 0 radical (unpaired) electrons. The number of likely N-dealkylation sites (N-methyl/N-ethyl adjacent to an activating group) is 1. The Balaban J connectivity index is 2.76. The molecule has 1 fully saturated rings. The first-order chi connectivity index (χ1) is 8.52. The van der Waals surface area contributed by atoms with Crippen LogP contribution >= 0.6 is 0 Å². The van der Waals surface area contributed by atoms with E-state index < -0.39 is 0 Å². The Morgan fingerprint density at radius 1 is 1.44 bits per heavy atom. The number of hydrogen-bond acceptors (Lipinski definition) is 5. The van der Waals surface area contributed by atoms with Crippen LogP contribution in [0.25, 0.3) is 0 Å². The fourth-order valence-electron chi connectivity index (χ4n) is 2.13. The molecule has 7 heteroatoms. The van der Waals surface area contributed by atoms with Crippen LogP contribution in [0.5, 0.6) is 0 Å². The zero-order valence-electron chi connectivity index (χ0n) is 11.1. The molecule has 1 heterocycles. The van der Waals surface area contributed by atoms with Crippen molar-refractivity contribution in [2.24, 2.45) is 11.8 Å². The minimum absolute atomic E-state index is 0.0836. The molecule has 0 aromatic rings. The number of nitrogens with zero attached hydrogens (tertiary/aromatic N) is 1. The van der Waals surface area contributed by atoms with Crippen molar-refractivity contribution in [3.63, 3.8) is 0 Å². The van der Waals surface area contributed by atoms with Crippen LogP contribution in [-0.4, -0.2) is 55.6 Å². The van der Waals surface area contributed by atoms with E-state index in [2.05, 4.69) is 10.7 Å². The van der Waals surface area contributed by atoms with Crippen molar-refractivity contribution in [2.45, 2.75) is 25.9 Å². The number of ether oxygens (including phenoxy) is 1. The second-order valence-corrected chi connectivity index (χ2v) is 4.48. The summed E-state index contributed by atoms with van der Waals surface area (Å²) in [5.74, 6) is 4.52. The molecule has 0 aromatic heterocycles. The standard InChI is InChI=1S/C11H22N4O3/c1-7(10(16)14-12)8(2)15-4-5-18-6-9(15)11(17)13-3/h7-9H,4-6,12H2,1-3H3,(H,13,17)(H,14,16). The summed E-state index contributed by atoms with van der Waals surface area (Å²) in [5, 5.41) is 2.62. The van der Waals surface area contributed by atoms with E-state index in [0.29, 0.717) is 19.8 Å². The summed E-state index contributed by atoms with van der Waals surface area (Å²) in [6, 6.07) is -0.438. The summed E-state index contributed by atoms with van der Waals surface area (Å²) < 4.78 is 5.32. The molecular formula is C11H22N4O3. The quantitative estimate of drug-likeness (QED) is 0.322. The summed E-state index contributed by atoms with van der Waals surface area (Å²) in [6.45, 7) is 5.25. The third-order valence-corrected chi connectivity index (χ3v) is 3.52. The van der Waals surface area contributed by atoms with Crippen molar-refractivity contribution >= 4 is 11.8 Å². The summed E-state index contributed by atoms with van der Waals surface area (Å²) in [5.41, 5.74) is 2.15. The lowest BCUT2D eigenvalue weighted by molar-refractivity contribution is -0.138. The van der Waals surface area contributed by atoms with Crippen molar-refractivity contribution in [2.75, 3.05) is 26.8 Å². The Labute approximate surface area is 107 Å². The van der Waals surface area contributed by atoms with Crippen molar-refractivity contribution in [3.8, 4) is 0 Å². The fraction of sp³-hybridized carbons (Fsp3) is 0.818. The molecule has 0 spiro atoms. The van der Waals surface area contributed by atoms with E-state index in [4.69, 9.17) is 10.6 Å². The minimum atomic E-state index is -0.355. The van der Waals surface area contributed by atoms with Gasteiger partial charge in [-0.05, 0) is 6.92 Å². The Morgan fingerprint density at radius 2 is 2.11 bits per heavy atom. The second-order valence-electron chi connectivity index (χ2n) is 4.48. The normalized spacial score (nSPS) is 24.1. The lowest BCUT2D eigenvalue weighted by atomic mass is 9.99. The van der Waals surface area contributed by atoms with Gasteiger partial charge in [-0.15, -0.1) is 0 Å². The molecule has 0 saturated carbocycles. The minimum Gasteiger partial charge on any atom is -0.378 e. The molecule has 7 nitrogen and oxygen atoms in total. The molecule has 0 aliphatic carbocycles. The predicted octanol–water partition coefficient (Wildman–Crippen LogP) is -1.55. The van der Waals surface area contributed by atoms with E-state index in [-0.39, 0.29) is 29.8 Å². The first-order valence-electron chi connectivity index (χ1n) is 6.08. The van der Waals surface area contributed by atoms with Crippen LogP contribution in [0.3, 0.4) is 0 Å². The lowest BCUT2D eigenvalue weighted by Crippen LogP contribution is -2.59. The first kappa shape index (κ1) is 14.9. The highest BCUT2D eigenvalue weighted by Crippen LogP contribution is 2.17. The zero-order chi connectivity index (χ0) is 13.7. The van der Waals surface area contributed by atoms with E-state index in [1.807, 2.05) is 11.8 Å². The molecule has 1 saturated heterocycles. The number of amides is 2. The topological polar surface area (TPSA) is 96.7 Å². The van der Waals surface area contributed by atoms with Gasteiger partial charge in [0.25, 0.3) is 0 Å². The van der Waals surface area contributed by atoms with Gasteiger partial charge in [-0.25, -0.2) is 5.84 Å². The molecule has 3 unspecified atom stereocenters. The molecule has 0 bridgehead atoms. The van der Waals surface area contributed by atoms with Gasteiger partial charge in [-0.1, -0.05) is 6.92 Å². The van der Waals surface area contributed by atoms with Crippen molar-refractivity contribution in [1.82, 2.24) is 15.6 Å². The van der Waals surface area contributed by atoms with Gasteiger partial charge in [0.15, 0.2) is 0 Å². The highest BCUT2D eigenvalue weighted by atomic mass is 16.5. The van der Waals surface area contributed by atoms with Gasteiger partial charge in [0.1, 0.15) is 6.04 Å². The van der Waals surface area contributed by atoms with Crippen LogP contribution in [-0.2, 0) is 14.3 Å². The van der Waals surface area contributed by atoms with Gasteiger partial charge >= 0.3 is 0 Å². The molecule has 18 heavy (non-hydrogen) atoms. The molecule has 1 rings (SSSR count). The van der Waals surface area contributed by atoms with E-state index in [0.717, 1.165) is 0 Å². The molecule has 0 aromatic carbocycles. The van der Waals surface area contributed by atoms with E-state index in [1.54, 1.807) is 14.0 Å². The summed E-state index contributed by atoms with van der Waals surface area (Å²) in [6.07, 6.45) is 0. The number of rotatable bonds is 4. The molecular weight excluding hydrogens is 236 g/mol. The molecule has 1 aliphatic heterocycles. The summed E-state index contributed by atoms with van der Waals surface area (Å²) in [7, 11) is 1.59. The molecule has 1 aliphatic rings. The van der Waals surface area contributed by atoms with Gasteiger partial charge in [-0.2, -0.15) is 0 Å². The number of nitrogens with one attached hydrogen (secondary N) is 2. The van der Waals surface area contributed by atoms with E-state index in [9.17, 15) is 9.59 Å². The lowest BCUT2D eigenvalue weighted by Gasteiger charge is -2.40. The maximum atomic E-state index is 11.8. The number of nitrogens with two attached hydrogens (primary N) is 1. The smallest absolute Gasteiger partial charge is 0.239 e. The zero-order valence-corrected chi connectivity index (χ0v) is 11.1. The second kappa shape index (κ2) is 6.67. The number of hydrogen-bond donors (Lipinski definition) is 3. The molecule has 2 amide bonds. The number of hydrazine groups is 1. The van der Waals surface area contributed by atoms with Crippen molar-refractivity contribution in [3.05, 3.63) is 0 Å². The van der Waals surface area contributed by atoms with Crippen LogP contribution in [0.1, 0.15) is 13.8 Å². The highest BCUT2D eigenvalue weighted by molar-refractivity contribution is 5.82. The summed E-state index contributed by atoms with van der Waals surface area (Å²) in [4.78, 5) is 25.3. The monoisotopic (exact) mass is 258 g/mol. The van der Waals surface area contributed by atoms with E-state index >= 15 is 0 Å². The average Bonchev–Trinajstić information content (AvgIpc) is 2.43. The van der Waals surface area contributed by atoms with Gasteiger partial charge in [-0.3, -0.25) is 19.9 Å². The van der Waals surface area contributed by atoms with Gasteiger partial charge < -0.3 is 10.1 Å². The van der Waals surface area contributed by atoms with Crippen LogP contribution in [0, 0.1) is 5.92 Å². The third-order valence-electron chi connectivity index (χ3n) is 3.52. The number of carbonyl (C=O) groups excluding carboxylic acids is 2. The van der Waals surface area contributed by atoms with Gasteiger partial charge in [0.2, 0.25) is 11.8 Å². The van der Waals surface area contributed by atoms with Crippen molar-refractivity contribution < 1.29 is 14.3 Å². The van der Waals surface area contributed by atoms with Gasteiger partial charge in [0, 0.05) is 19.6 Å². The van der Waals surface area contributed by atoms with Gasteiger partial charge in [0.05, 0.1) is 19.1 Å². The largest absolute Gasteiger partial charge is 0.378 e. The fourth-order valence-corrected chi connectivity index (χ4v) is 2.13. The Hall–Kier alpha value is -1.18. The van der Waals surface area contributed by atoms with Crippen LogP contribution < -0.4 is 16.6 Å². The van der Waals surface area contributed by atoms with Crippen LogP contribution in [0.4, 0.5) is 0 Å². The Kier molecular flexibility index (Phi) is 5.52. The third kappa shape index (κ3) is 3.18. The predicted molar refractivity (Wildman–Crippen MR) is 66.3 cm³/mol. The highest BCUT2D eigenvalue weighted by Gasteiger charge is 2.35. The first-order valence-corrected chi connectivity index (χ1v) is 6.08. The SMILES string of the molecule is CNC(=O)C1COCCN1C(C)C(C)C(=O)NN. The Morgan fingerprint density at radius 3 is 2.67 bits per heavy atom. The Bertz CT molecular complexity index is 311. The number of morpholine rings is 1.